The average molecular weight is 435 g/mol. The highest BCUT2D eigenvalue weighted by Gasteiger charge is 2.63. The van der Waals surface area contributed by atoms with Gasteiger partial charge in [-0.05, 0) is 12.1 Å². The van der Waals surface area contributed by atoms with Crippen LogP contribution in [-0.4, -0.2) is 66.0 Å². The summed E-state index contributed by atoms with van der Waals surface area (Å²) in [6.45, 7) is 0.521. The van der Waals surface area contributed by atoms with Gasteiger partial charge in [0.05, 0.1) is 31.9 Å². The number of fused-ring (bicyclic) bond motifs is 3. The van der Waals surface area contributed by atoms with Crippen molar-refractivity contribution in [2.75, 3.05) is 36.6 Å². The number of nitrogens with zero attached hydrogens (tertiary/aromatic N) is 3. The summed E-state index contributed by atoms with van der Waals surface area (Å²) in [6.07, 6.45) is -2.15. The Kier molecular flexibility index (Phi) is 4.46. The zero-order chi connectivity index (χ0) is 21.8. The van der Waals surface area contributed by atoms with Gasteiger partial charge in [-0.1, -0.05) is 0 Å². The van der Waals surface area contributed by atoms with E-state index < -0.39 is 30.1 Å². The van der Waals surface area contributed by atoms with Gasteiger partial charge in [0, 0.05) is 18.0 Å². The fourth-order valence-corrected chi connectivity index (χ4v) is 4.03. The van der Waals surface area contributed by atoms with E-state index in [9.17, 15) is 18.4 Å². The van der Waals surface area contributed by atoms with Crippen molar-refractivity contribution >= 4 is 23.5 Å². The number of halogens is 2. The number of carbonyl (C=O) groups excluding carboxylic acids is 2. The van der Waals surface area contributed by atoms with Gasteiger partial charge in [-0.3, -0.25) is 4.79 Å². The number of benzene rings is 1. The first-order chi connectivity index (χ1) is 14.9. The minimum Gasteiger partial charge on any atom is -0.491 e. The summed E-state index contributed by atoms with van der Waals surface area (Å²) in [4.78, 5) is 28.9. The second-order valence-electron chi connectivity index (χ2n) is 7.57. The number of nitrogens with one attached hydrogen (secondary N) is 1. The van der Waals surface area contributed by atoms with Gasteiger partial charge in [0.25, 0.3) is 6.43 Å². The number of carbonyl (C=O) groups is 2. The lowest BCUT2D eigenvalue weighted by Crippen LogP contribution is -2.61. The van der Waals surface area contributed by atoms with Gasteiger partial charge in [-0.15, -0.1) is 0 Å². The van der Waals surface area contributed by atoms with Crippen molar-refractivity contribution in [2.24, 2.45) is 5.73 Å². The minimum absolute atomic E-state index is 0.0326. The third-order valence-electron chi connectivity index (χ3n) is 5.53. The Balaban J connectivity index is 1.50. The van der Waals surface area contributed by atoms with Crippen molar-refractivity contribution in [3.05, 3.63) is 24.4 Å². The molecule has 0 bridgehead atoms. The summed E-state index contributed by atoms with van der Waals surface area (Å²) in [7, 11) is 0. The number of ether oxygens (including phenoxy) is 3. The van der Waals surface area contributed by atoms with Gasteiger partial charge in [0.15, 0.2) is 11.4 Å². The molecule has 10 nitrogen and oxygen atoms in total. The molecule has 1 aromatic heterocycles. The Morgan fingerprint density at radius 2 is 2.19 bits per heavy atom. The molecule has 2 amide bonds. The topological polar surface area (TPSA) is 121 Å². The molecule has 1 atom stereocenters. The van der Waals surface area contributed by atoms with E-state index in [2.05, 4.69) is 10.3 Å². The van der Waals surface area contributed by atoms with Crippen molar-refractivity contribution in [1.82, 2.24) is 9.55 Å². The summed E-state index contributed by atoms with van der Waals surface area (Å²) in [5, 5.41) is 2.89. The maximum Gasteiger partial charge on any atom is 0.416 e. The average Bonchev–Trinajstić information content (AvgIpc) is 3.20. The number of amides is 2. The van der Waals surface area contributed by atoms with Crippen LogP contribution in [0.3, 0.4) is 0 Å². The molecule has 3 N–H and O–H groups in total. The molecule has 1 aromatic carbocycles. The van der Waals surface area contributed by atoms with E-state index in [1.165, 1.54) is 0 Å². The number of aromatic nitrogens is 2. The molecule has 1 unspecified atom stereocenters. The van der Waals surface area contributed by atoms with Crippen LogP contribution in [0, 0.1) is 0 Å². The largest absolute Gasteiger partial charge is 0.491 e. The molecular formula is C19H19F2N5O5. The van der Waals surface area contributed by atoms with Crippen molar-refractivity contribution in [3.63, 3.8) is 0 Å². The van der Waals surface area contributed by atoms with Gasteiger partial charge in [0.2, 0.25) is 5.91 Å². The number of hydrogen-bond donors (Lipinski definition) is 2. The van der Waals surface area contributed by atoms with Gasteiger partial charge in [-0.2, -0.15) is 0 Å². The molecule has 31 heavy (non-hydrogen) atoms. The van der Waals surface area contributed by atoms with Gasteiger partial charge in [0.1, 0.15) is 24.2 Å². The molecule has 3 aliphatic heterocycles. The maximum absolute atomic E-state index is 13.9. The molecule has 12 heteroatoms. The van der Waals surface area contributed by atoms with E-state index in [0.29, 0.717) is 36.0 Å². The second-order valence-corrected chi connectivity index (χ2v) is 7.57. The smallest absolute Gasteiger partial charge is 0.416 e. The molecule has 3 aliphatic rings. The van der Waals surface area contributed by atoms with Crippen molar-refractivity contribution in [3.8, 4) is 17.1 Å². The molecule has 2 aromatic rings. The van der Waals surface area contributed by atoms with E-state index in [1.807, 2.05) is 0 Å². The van der Waals surface area contributed by atoms with E-state index in [0.717, 1.165) is 4.90 Å². The summed E-state index contributed by atoms with van der Waals surface area (Å²) >= 11 is 0. The maximum atomic E-state index is 13.9. The highest BCUT2D eigenvalue weighted by atomic mass is 19.3. The molecular weight excluding hydrogens is 416 g/mol. The molecule has 0 radical (unpaired) electrons. The van der Waals surface area contributed by atoms with Crippen LogP contribution in [0.5, 0.6) is 5.75 Å². The van der Waals surface area contributed by atoms with Crippen LogP contribution in [0.25, 0.3) is 11.4 Å². The Hall–Kier alpha value is -3.41. The van der Waals surface area contributed by atoms with Crippen LogP contribution in [0.15, 0.2) is 24.4 Å². The van der Waals surface area contributed by atoms with Gasteiger partial charge < -0.3 is 29.8 Å². The predicted octanol–water partition coefficient (Wildman–Crippen LogP) is 1.20. The molecule has 4 heterocycles. The summed E-state index contributed by atoms with van der Waals surface area (Å²) in [5.74, 6) is 0.550. The molecule has 5 rings (SSSR count). The highest BCUT2D eigenvalue weighted by Crippen LogP contribution is 2.43. The van der Waals surface area contributed by atoms with Crippen LogP contribution in [0.2, 0.25) is 0 Å². The zero-order valence-corrected chi connectivity index (χ0v) is 16.2. The monoisotopic (exact) mass is 435 g/mol. The number of primary amides is 1. The first kappa shape index (κ1) is 19.5. The normalized spacial score (nSPS) is 21.1. The molecule has 164 valence electrons. The Labute approximate surface area is 174 Å². The van der Waals surface area contributed by atoms with Gasteiger partial charge in [-0.25, -0.2) is 23.5 Å². The minimum atomic E-state index is -2.83. The second kappa shape index (κ2) is 7.08. The van der Waals surface area contributed by atoms with Gasteiger partial charge >= 0.3 is 6.09 Å². The lowest BCUT2D eigenvalue weighted by atomic mass is 9.92. The number of anilines is 2. The Morgan fingerprint density at radius 1 is 1.39 bits per heavy atom. The predicted molar refractivity (Wildman–Crippen MR) is 103 cm³/mol. The third kappa shape index (κ3) is 3.14. The summed E-state index contributed by atoms with van der Waals surface area (Å²) in [5.41, 5.74) is 5.05. The zero-order valence-electron chi connectivity index (χ0n) is 16.2. The van der Waals surface area contributed by atoms with Crippen LogP contribution in [0.1, 0.15) is 0 Å². The number of rotatable bonds is 5. The van der Waals surface area contributed by atoms with Crippen LogP contribution >= 0.6 is 0 Å². The standard InChI is InChI=1S/C19H19F2N5O5/c20-16(21)15-19(8-29-9-19)31-18(28)26(15)14-7-25-3-4-30-12-5-10(23-6-13(22)27)1-2-11(12)17(25)24-14/h1-2,5,7,15-16,23H,3-4,6,8-9H2,(H2,22,27). The molecule has 1 spiro atoms. The number of imidazole rings is 1. The molecule has 0 aliphatic carbocycles. The van der Waals surface area contributed by atoms with Crippen molar-refractivity contribution in [2.45, 2.75) is 24.6 Å². The lowest BCUT2D eigenvalue weighted by molar-refractivity contribution is -0.184. The Bertz CT molecular complexity index is 1050. The molecule has 2 saturated heterocycles. The van der Waals surface area contributed by atoms with Crippen LogP contribution < -0.4 is 20.7 Å². The van der Waals surface area contributed by atoms with Crippen LogP contribution in [0.4, 0.5) is 25.1 Å². The number of nitrogens with two attached hydrogens (primary N) is 1. The Morgan fingerprint density at radius 3 is 2.87 bits per heavy atom. The van der Waals surface area contributed by atoms with E-state index in [4.69, 9.17) is 19.9 Å². The summed E-state index contributed by atoms with van der Waals surface area (Å²) in [6, 6.07) is 3.68. The SMILES string of the molecule is NC(=O)CNc1ccc2c(c1)OCCn1cc(N3C(=O)OC4(COC4)C3C(F)F)nc1-2. The lowest BCUT2D eigenvalue weighted by Gasteiger charge is -2.40. The van der Waals surface area contributed by atoms with Crippen LogP contribution in [-0.2, 0) is 20.8 Å². The third-order valence-corrected chi connectivity index (χ3v) is 5.53. The molecule has 0 saturated carbocycles. The number of alkyl halides is 2. The quantitative estimate of drug-likeness (QED) is 0.724. The van der Waals surface area contributed by atoms with Crippen molar-refractivity contribution in [1.29, 1.82) is 0 Å². The first-order valence-electron chi connectivity index (χ1n) is 9.63. The fourth-order valence-electron chi connectivity index (χ4n) is 4.03. The highest BCUT2D eigenvalue weighted by molar-refractivity contribution is 5.91. The molecule has 2 fully saturated rings. The van der Waals surface area contributed by atoms with E-state index in [1.54, 1.807) is 29.0 Å². The first-order valence-corrected chi connectivity index (χ1v) is 9.63. The van der Waals surface area contributed by atoms with Crippen molar-refractivity contribution < 1.29 is 32.6 Å². The number of hydrogen-bond acceptors (Lipinski definition) is 7. The van der Waals surface area contributed by atoms with E-state index in [-0.39, 0.29) is 25.6 Å². The summed E-state index contributed by atoms with van der Waals surface area (Å²) < 4.78 is 45.7. The van der Waals surface area contributed by atoms with E-state index >= 15 is 0 Å². The fraction of sp³-hybridized carbons (Fsp3) is 0.421.